The number of nitrogens with zero attached hydrogens (tertiary/aromatic N) is 1. The number of hydrogen-bond donors (Lipinski definition) is 1. The second-order valence-corrected chi connectivity index (χ2v) is 6.00. The van der Waals surface area contributed by atoms with E-state index in [1.54, 1.807) is 7.11 Å². The molecule has 0 aliphatic heterocycles. The van der Waals surface area contributed by atoms with Crippen LogP contribution in [0.15, 0.2) is 16.7 Å². The molecule has 17 heavy (non-hydrogen) atoms. The highest BCUT2D eigenvalue weighted by atomic mass is 79.9. The molecule has 0 fully saturated rings. The largest absolute Gasteiger partial charge is 0.385 e. The summed E-state index contributed by atoms with van der Waals surface area (Å²) in [7, 11) is 1.74. The van der Waals surface area contributed by atoms with Gasteiger partial charge in [-0.2, -0.15) is 0 Å². The van der Waals surface area contributed by atoms with Crippen LogP contribution in [0.1, 0.15) is 25.8 Å². The predicted molar refractivity (Wildman–Crippen MR) is 75.4 cm³/mol. The average molecular weight is 301 g/mol. The van der Waals surface area contributed by atoms with Crippen molar-refractivity contribution < 1.29 is 4.74 Å². The Bertz CT molecular complexity index is 366. The molecule has 4 heteroatoms. The van der Waals surface area contributed by atoms with Crippen molar-refractivity contribution in [3.8, 4) is 0 Å². The Kier molecular flexibility index (Phi) is 5.40. The summed E-state index contributed by atoms with van der Waals surface area (Å²) >= 11 is 3.41. The van der Waals surface area contributed by atoms with Gasteiger partial charge in [0.25, 0.3) is 0 Å². The number of ether oxygens (including phenoxy) is 1. The molecule has 1 aromatic heterocycles. The fourth-order valence-corrected chi connectivity index (χ4v) is 1.96. The standard InChI is InChI=1S/C13H21BrN2O/c1-10-7-11(14)8-15-12(10)16-9-13(2,3)5-6-17-4/h7-8H,5-6,9H2,1-4H3,(H,15,16). The van der Waals surface area contributed by atoms with Gasteiger partial charge in [-0.15, -0.1) is 0 Å². The Balaban J connectivity index is 2.54. The molecule has 1 aromatic rings. The van der Waals surface area contributed by atoms with Gasteiger partial charge < -0.3 is 10.1 Å². The van der Waals surface area contributed by atoms with Crippen molar-refractivity contribution in [1.29, 1.82) is 0 Å². The SMILES string of the molecule is COCCC(C)(C)CNc1ncc(Br)cc1C. The summed E-state index contributed by atoms with van der Waals surface area (Å²) < 4.78 is 6.13. The Hall–Kier alpha value is -0.610. The van der Waals surface area contributed by atoms with E-state index in [1.165, 1.54) is 0 Å². The van der Waals surface area contributed by atoms with E-state index < -0.39 is 0 Å². The molecule has 1 N–H and O–H groups in total. The molecule has 0 radical (unpaired) electrons. The van der Waals surface area contributed by atoms with Crippen LogP contribution in [0.3, 0.4) is 0 Å². The molecular formula is C13H21BrN2O. The molecule has 96 valence electrons. The van der Waals surface area contributed by atoms with Crippen LogP contribution < -0.4 is 5.32 Å². The van der Waals surface area contributed by atoms with Crippen molar-refractivity contribution in [3.05, 3.63) is 22.3 Å². The molecular weight excluding hydrogens is 280 g/mol. The van der Waals surface area contributed by atoms with Crippen molar-refractivity contribution in [2.45, 2.75) is 27.2 Å². The first-order chi connectivity index (χ1) is 7.94. The Morgan fingerprint density at radius 1 is 1.47 bits per heavy atom. The first-order valence-corrected chi connectivity index (χ1v) is 6.59. The van der Waals surface area contributed by atoms with Crippen molar-refractivity contribution in [2.24, 2.45) is 5.41 Å². The van der Waals surface area contributed by atoms with E-state index in [9.17, 15) is 0 Å². The number of rotatable bonds is 6. The molecule has 0 saturated carbocycles. The fourth-order valence-electron chi connectivity index (χ4n) is 1.52. The summed E-state index contributed by atoms with van der Waals surface area (Å²) in [5.74, 6) is 0.957. The average Bonchev–Trinajstić information content (AvgIpc) is 2.25. The Morgan fingerprint density at radius 3 is 2.76 bits per heavy atom. The second-order valence-electron chi connectivity index (χ2n) is 5.08. The van der Waals surface area contributed by atoms with Crippen LogP contribution >= 0.6 is 15.9 Å². The number of nitrogens with one attached hydrogen (secondary N) is 1. The number of methoxy groups -OCH3 is 1. The molecule has 0 atom stereocenters. The first-order valence-electron chi connectivity index (χ1n) is 5.79. The topological polar surface area (TPSA) is 34.1 Å². The highest BCUT2D eigenvalue weighted by Crippen LogP contribution is 2.22. The zero-order valence-electron chi connectivity index (χ0n) is 11.0. The zero-order chi connectivity index (χ0) is 12.9. The van der Waals surface area contributed by atoms with Crippen LogP contribution in [-0.2, 0) is 4.74 Å². The maximum atomic E-state index is 5.12. The number of aryl methyl sites for hydroxylation is 1. The van der Waals surface area contributed by atoms with E-state index in [4.69, 9.17) is 4.74 Å². The van der Waals surface area contributed by atoms with Crippen LogP contribution in [0.25, 0.3) is 0 Å². The molecule has 0 aliphatic rings. The van der Waals surface area contributed by atoms with Crippen molar-refractivity contribution in [2.75, 3.05) is 25.6 Å². The second kappa shape index (κ2) is 6.36. The van der Waals surface area contributed by atoms with Crippen LogP contribution in [-0.4, -0.2) is 25.2 Å². The third kappa shape index (κ3) is 5.04. The van der Waals surface area contributed by atoms with Crippen molar-refractivity contribution in [3.63, 3.8) is 0 Å². The maximum Gasteiger partial charge on any atom is 0.128 e. The summed E-state index contributed by atoms with van der Waals surface area (Å²) in [5, 5.41) is 3.40. The molecule has 1 rings (SSSR count). The quantitative estimate of drug-likeness (QED) is 0.871. The molecule has 3 nitrogen and oxygen atoms in total. The summed E-state index contributed by atoms with van der Waals surface area (Å²) in [4.78, 5) is 4.37. The monoisotopic (exact) mass is 300 g/mol. The van der Waals surface area contributed by atoms with Gasteiger partial charge in [0.1, 0.15) is 5.82 Å². The van der Waals surface area contributed by atoms with E-state index in [0.717, 1.165) is 35.4 Å². The third-order valence-corrected chi connectivity index (χ3v) is 3.20. The Morgan fingerprint density at radius 2 is 2.18 bits per heavy atom. The van der Waals surface area contributed by atoms with Gasteiger partial charge in [-0.05, 0) is 46.3 Å². The van der Waals surface area contributed by atoms with E-state index >= 15 is 0 Å². The third-order valence-electron chi connectivity index (χ3n) is 2.76. The minimum absolute atomic E-state index is 0.206. The van der Waals surface area contributed by atoms with Crippen LogP contribution in [0.4, 0.5) is 5.82 Å². The summed E-state index contributed by atoms with van der Waals surface area (Å²) in [6, 6.07) is 2.07. The van der Waals surface area contributed by atoms with Crippen LogP contribution in [0.2, 0.25) is 0 Å². The highest BCUT2D eigenvalue weighted by molar-refractivity contribution is 9.10. The highest BCUT2D eigenvalue weighted by Gasteiger charge is 2.17. The summed E-state index contributed by atoms with van der Waals surface area (Å²) in [5.41, 5.74) is 1.36. The molecule has 0 aromatic carbocycles. The maximum absolute atomic E-state index is 5.12. The summed E-state index contributed by atoms with van der Waals surface area (Å²) in [6.07, 6.45) is 2.85. The van der Waals surface area contributed by atoms with Gasteiger partial charge in [0, 0.05) is 30.9 Å². The van der Waals surface area contributed by atoms with Gasteiger partial charge in [0.05, 0.1) is 0 Å². The lowest BCUT2D eigenvalue weighted by Gasteiger charge is -2.25. The zero-order valence-corrected chi connectivity index (χ0v) is 12.6. The van der Waals surface area contributed by atoms with Crippen LogP contribution in [0.5, 0.6) is 0 Å². The number of halogens is 1. The number of anilines is 1. The molecule has 0 saturated heterocycles. The molecule has 0 amide bonds. The van der Waals surface area contributed by atoms with E-state index in [-0.39, 0.29) is 5.41 Å². The minimum atomic E-state index is 0.206. The lowest BCUT2D eigenvalue weighted by Crippen LogP contribution is -2.25. The van der Waals surface area contributed by atoms with Gasteiger partial charge >= 0.3 is 0 Å². The van der Waals surface area contributed by atoms with Crippen molar-refractivity contribution in [1.82, 2.24) is 4.98 Å². The Labute approximate surface area is 112 Å². The molecule has 1 heterocycles. The smallest absolute Gasteiger partial charge is 0.128 e. The van der Waals surface area contributed by atoms with E-state index in [1.807, 2.05) is 6.20 Å². The van der Waals surface area contributed by atoms with Gasteiger partial charge in [0.15, 0.2) is 0 Å². The molecule has 0 spiro atoms. The number of aromatic nitrogens is 1. The van der Waals surface area contributed by atoms with Gasteiger partial charge in [-0.3, -0.25) is 0 Å². The lowest BCUT2D eigenvalue weighted by atomic mass is 9.89. The fraction of sp³-hybridized carbons (Fsp3) is 0.615. The van der Waals surface area contributed by atoms with Gasteiger partial charge in [-0.1, -0.05) is 13.8 Å². The van der Waals surface area contributed by atoms with Gasteiger partial charge in [0.2, 0.25) is 0 Å². The number of hydrogen-bond acceptors (Lipinski definition) is 3. The van der Waals surface area contributed by atoms with E-state index in [2.05, 4.69) is 53.1 Å². The van der Waals surface area contributed by atoms with Crippen molar-refractivity contribution >= 4 is 21.7 Å². The molecule has 0 unspecified atom stereocenters. The minimum Gasteiger partial charge on any atom is -0.385 e. The lowest BCUT2D eigenvalue weighted by molar-refractivity contribution is 0.157. The van der Waals surface area contributed by atoms with Crippen LogP contribution in [0, 0.1) is 12.3 Å². The predicted octanol–water partition coefficient (Wildman–Crippen LogP) is 3.63. The number of pyridine rings is 1. The first kappa shape index (κ1) is 14.5. The van der Waals surface area contributed by atoms with E-state index in [0.29, 0.717) is 0 Å². The van der Waals surface area contributed by atoms with Gasteiger partial charge in [-0.25, -0.2) is 4.98 Å². The normalized spacial score (nSPS) is 11.6. The molecule has 0 aliphatic carbocycles. The summed E-state index contributed by atoms with van der Waals surface area (Å²) in [6.45, 7) is 8.20. The molecule has 0 bridgehead atoms.